The average Bonchev–Trinajstić information content (AvgIpc) is 2.35. The zero-order chi connectivity index (χ0) is 14.5. The van der Waals surface area contributed by atoms with Crippen molar-refractivity contribution in [2.45, 2.75) is 39.3 Å². The number of rotatable bonds is 7. The van der Waals surface area contributed by atoms with Crippen LogP contribution in [0, 0.1) is 11.8 Å². The number of nitrogens with one attached hydrogen (secondary N) is 1. The molecule has 1 fully saturated rings. The van der Waals surface area contributed by atoms with Crippen LogP contribution in [0.4, 0.5) is 0 Å². The summed E-state index contributed by atoms with van der Waals surface area (Å²) < 4.78 is 1.16. The highest BCUT2D eigenvalue weighted by Gasteiger charge is 2.33. The van der Waals surface area contributed by atoms with Crippen LogP contribution in [-0.2, 0) is 6.54 Å². The van der Waals surface area contributed by atoms with E-state index in [1.54, 1.807) is 0 Å². The van der Waals surface area contributed by atoms with Gasteiger partial charge in [-0.2, -0.15) is 0 Å². The molecule has 1 aliphatic rings. The molecule has 2 nitrogen and oxygen atoms in total. The Morgan fingerprint density at radius 3 is 2.50 bits per heavy atom. The lowest BCUT2D eigenvalue weighted by Gasteiger charge is -2.43. The molecule has 1 N–H and O–H groups in total. The Kier molecular flexibility index (Phi) is 6.06. The lowest BCUT2D eigenvalue weighted by atomic mass is 9.78. The fraction of sp³-hybridized carbons (Fsp3) is 0.647. The Hall–Kier alpha value is -0.380. The molecule has 1 saturated carbocycles. The SMILES string of the molecule is CC(C)CNCC1CCC1N(C)Cc1ccc(Br)cc1. The van der Waals surface area contributed by atoms with Crippen LogP contribution in [0.25, 0.3) is 0 Å². The molecule has 112 valence electrons. The number of nitrogens with zero attached hydrogens (tertiary/aromatic N) is 1. The van der Waals surface area contributed by atoms with Gasteiger partial charge in [-0.25, -0.2) is 0 Å². The van der Waals surface area contributed by atoms with Crippen LogP contribution in [0.3, 0.4) is 0 Å². The molecule has 2 unspecified atom stereocenters. The summed E-state index contributed by atoms with van der Waals surface area (Å²) >= 11 is 3.49. The molecule has 20 heavy (non-hydrogen) atoms. The predicted octanol–water partition coefficient (Wildman–Crippen LogP) is 3.91. The van der Waals surface area contributed by atoms with Crippen molar-refractivity contribution in [3.63, 3.8) is 0 Å². The minimum Gasteiger partial charge on any atom is -0.316 e. The van der Waals surface area contributed by atoms with Crippen LogP contribution in [0.1, 0.15) is 32.3 Å². The fourth-order valence-corrected chi connectivity index (χ4v) is 3.19. The van der Waals surface area contributed by atoms with Crippen LogP contribution >= 0.6 is 15.9 Å². The number of hydrogen-bond acceptors (Lipinski definition) is 2. The van der Waals surface area contributed by atoms with Crippen LogP contribution in [0.5, 0.6) is 0 Å². The van der Waals surface area contributed by atoms with E-state index in [2.05, 4.69) is 71.3 Å². The van der Waals surface area contributed by atoms with Crippen LogP contribution in [0.2, 0.25) is 0 Å². The van der Waals surface area contributed by atoms with E-state index >= 15 is 0 Å². The van der Waals surface area contributed by atoms with Gasteiger partial charge in [0, 0.05) is 17.1 Å². The summed E-state index contributed by atoms with van der Waals surface area (Å²) in [6, 6.07) is 9.44. The average molecular weight is 339 g/mol. The van der Waals surface area contributed by atoms with E-state index in [4.69, 9.17) is 0 Å². The molecule has 0 heterocycles. The largest absolute Gasteiger partial charge is 0.316 e. The molecule has 0 saturated heterocycles. The summed E-state index contributed by atoms with van der Waals surface area (Å²) in [5.41, 5.74) is 1.40. The number of halogens is 1. The highest BCUT2D eigenvalue weighted by atomic mass is 79.9. The van der Waals surface area contributed by atoms with Gasteiger partial charge in [0.25, 0.3) is 0 Å². The Labute approximate surface area is 132 Å². The van der Waals surface area contributed by atoms with Gasteiger partial charge < -0.3 is 5.32 Å². The van der Waals surface area contributed by atoms with Gasteiger partial charge in [0.15, 0.2) is 0 Å². The number of hydrogen-bond donors (Lipinski definition) is 1. The maximum Gasteiger partial charge on any atom is 0.0233 e. The van der Waals surface area contributed by atoms with E-state index in [1.807, 2.05) is 0 Å². The molecule has 2 atom stereocenters. The first-order valence-corrected chi connectivity index (χ1v) is 8.51. The summed E-state index contributed by atoms with van der Waals surface area (Å²) in [6.45, 7) is 7.90. The molecule has 0 aliphatic heterocycles. The Bertz CT molecular complexity index is 402. The van der Waals surface area contributed by atoms with Crippen molar-refractivity contribution in [2.75, 3.05) is 20.1 Å². The molecule has 2 rings (SSSR count). The van der Waals surface area contributed by atoms with Gasteiger partial charge in [-0.1, -0.05) is 41.9 Å². The standard InChI is InChI=1S/C17H27BrN2/c1-13(2)10-19-11-15-6-9-17(15)20(3)12-14-4-7-16(18)8-5-14/h4-5,7-8,13,15,17,19H,6,9-12H2,1-3H3. The molecule has 3 heteroatoms. The van der Waals surface area contributed by atoms with Crippen molar-refractivity contribution in [2.24, 2.45) is 11.8 Å². The van der Waals surface area contributed by atoms with Crippen molar-refractivity contribution in [1.82, 2.24) is 10.2 Å². The van der Waals surface area contributed by atoms with Crippen molar-refractivity contribution in [3.8, 4) is 0 Å². The summed E-state index contributed by atoms with van der Waals surface area (Å²) in [5, 5.41) is 3.61. The molecular weight excluding hydrogens is 312 g/mol. The molecule has 0 amide bonds. The van der Waals surface area contributed by atoms with Gasteiger partial charge in [-0.3, -0.25) is 4.90 Å². The quantitative estimate of drug-likeness (QED) is 0.810. The van der Waals surface area contributed by atoms with Gasteiger partial charge in [0.05, 0.1) is 0 Å². The second kappa shape index (κ2) is 7.58. The van der Waals surface area contributed by atoms with Crippen molar-refractivity contribution in [1.29, 1.82) is 0 Å². The van der Waals surface area contributed by atoms with Crippen molar-refractivity contribution < 1.29 is 0 Å². The summed E-state index contributed by atoms with van der Waals surface area (Å²) in [4.78, 5) is 2.52. The monoisotopic (exact) mass is 338 g/mol. The second-order valence-corrected chi connectivity index (χ2v) is 7.41. The maximum atomic E-state index is 3.61. The Morgan fingerprint density at radius 1 is 1.25 bits per heavy atom. The zero-order valence-corrected chi connectivity index (χ0v) is 14.5. The molecule has 1 aromatic carbocycles. The van der Waals surface area contributed by atoms with Crippen LogP contribution < -0.4 is 5.32 Å². The minimum atomic E-state index is 0.744. The first kappa shape index (κ1) is 16.0. The molecule has 0 bridgehead atoms. The third-order valence-corrected chi connectivity index (χ3v) is 4.78. The second-order valence-electron chi connectivity index (χ2n) is 6.50. The van der Waals surface area contributed by atoms with Gasteiger partial charge in [-0.05, 0) is 62.5 Å². The zero-order valence-electron chi connectivity index (χ0n) is 12.9. The van der Waals surface area contributed by atoms with E-state index in [0.717, 1.165) is 35.4 Å². The predicted molar refractivity (Wildman–Crippen MR) is 89.8 cm³/mol. The van der Waals surface area contributed by atoms with Crippen molar-refractivity contribution in [3.05, 3.63) is 34.3 Å². The molecule has 1 aromatic rings. The topological polar surface area (TPSA) is 15.3 Å². The van der Waals surface area contributed by atoms with Crippen LogP contribution in [0.15, 0.2) is 28.7 Å². The van der Waals surface area contributed by atoms with E-state index in [1.165, 1.54) is 24.9 Å². The first-order chi connectivity index (χ1) is 9.56. The first-order valence-electron chi connectivity index (χ1n) is 7.71. The Balaban J connectivity index is 1.77. The third kappa shape index (κ3) is 4.57. The van der Waals surface area contributed by atoms with Crippen molar-refractivity contribution >= 4 is 15.9 Å². The number of benzene rings is 1. The Morgan fingerprint density at radius 2 is 1.95 bits per heavy atom. The van der Waals surface area contributed by atoms with E-state index in [-0.39, 0.29) is 0 Å². The minimum absolute atomic E-state index is 0.744. The highest BCUT2D eigenvalue weighted by Crippen LogP contribution is 2.31. The van der Waals surface area contributed by atoms with E-state index in [9.17, 15) is 0 Å². The van der Waals surface area contributed by atoms with Gasteiger partial charge in [0.1, 0.15) is 0 Å². The fourth-order valence-electron chi connectivity index (χ4n) is 2.92. The summed E-state index contributed by atoms with van der Waals surface area (Å²) in [7, 11) is 2.27. The lowest BCUT2D eigenvalue weighted by molar-refractivity contribution is 0.0776. The normalized spacial score (nSPS) is 22.3. The smallest absolute Gasteiger partial charge is 0.0233 e. The molecule has 0 spiro atoms. The van der Waals surface area contributed by atoms with Gasteiger partial charge >= 0.3 is 0 Å². The lowest BCUT2D eigenvalue weighted by Crippen LogP contribution is -2.48. The molecular formula is C17H27BrN2. The third-order valence-electron chi connectivity index (χ3n) is 4.25. The molecule has 0 aromatic heterocycles. The van der Waals surface area contributed by atoms with Crippen LogP contribution in [-0.4, -0.2) is 31.1 Å². The maximum absolute atomic E-state index is 3.61. The summed E-state index contributed by atoms with van der Waals surface area (Å²) in [5.74, 6) is 1.57. The highest BCUT2D eigenvalue weighted by molar-refractivity contribution is 9.10. The van der Waals surface area contributed by atoms with Gasteiger partial charge in [0.2, 0.25) is 0 Å². The molecule has 0 radical (unpaired) electrons. The van der Waals surface area contributed by atoms with E-state index < -0.39 is 0 Å². The van der Waals surface area contributed by atoms with E-state index in [0.29, 0.717) is 0 Å². The molecule has 1 aliphatic carbocycles. The summed E-state index contributed by atoms with van der Waals surface area (Å²) in [6.07, 6.45) is 2.72. The van der Waals surface area contributed by atoms with Gasteiger partial charge in [-0.15, -0.1) is 0 Å².